The summed E-state index contributed by atoms with van der Waals surface area (Å²) in [5.74, 6) is -0.880. The molecule has 0 amide bonds. The maximum Gasteiger partial charge on any atom is 0.346 e. The first kappa shape index (κ1) is 14.0. The highest BCUT2D eigenvalue weighted by atomic mass is 32.1. The van der Waals surface area contributed by atoms with Gasteiger partial charge in [-0.2, -0.15) is 0 Å². The zero-order valence-electron chi connectivity index (χ0n) is 11.4. The van der Waals surface area contributed by atoms with E-state index < -0.39 is 5.97 Å². The monoisotopic (exact) mass is 278 g/mol. The molecule has 1 aromatic heterocycles. The molecular weight excluding hydrogens is 260 g/mol. The highest BCUT2D eigenvalue weighted by Gasteiger charge is 2.21. The van der Waals surface area contributed by atoms with Gasteiger partial charge >= 0.3 is 5.97 Å². The number of hydrogen-bond donors (Lipinski definition) is 1. The highest BCUT2D eigenvalue weighted by molar-refractivity contribution is 7.21. The minimum Gasteiger partial charge on any atom is -0.477 e. The van der Waals surface area contributed by atoms with Gasteiger partial charge in [-0.05, 0) is 31.7 Å². The Morgan fingerprint density at radius 1 is 1.37 bits per heavy atom. The van der Waals surface area contributed by atoms with E-state index in [0.717, 1.165) is 22.1 Å². The second-order valence-corrected chi connectivity index (χ2v) is 6.17. The van der Waals surface area contributed by atoms with E-state index in [1.54, 1.807) is 0 Å². The fraction of sp³-hybridized carbons (Fsp3) is 0.400. The summed E-state index contributed by atoms with van der Waals surface area (Å²) in [6.45, 7) is 6.43. The summed E-state index contributed by atoms with van der Waals surface area (Å²) in [5.41, 5.74) is 0.549. The number of aromatic carboxylic acids is 1. The van der Waals surface area contributed by atoms with Crippen LogP contribution in [0.2, 0.25) is 0 Å². The number of ether oxygens (including phenoxy) is 1. The Morgan fingerprint density at radius 3 is 2.68 bits per heavy atom. The van der Waals surface area contributed by atoms with Gasteiger partial charge in [-0.15, -0.1) is 11.3 Å². The Hall–Kier alpha value is -1.39. The second kappa shape index (κ2) is 5.31. The molecule has 0 aliphatic carbocycles. The van der Waals surface area contributed by atoms with Crippen molar-refractivity contribution < 1.29 is 14.6 Å². The molecule has 19 heavy (non-hydrogen) atoms. The van der Waals surface area contributed by atoms with Crippen LogP contribution in [-0.2, 0) is 11.3 Å². The van der Waals surface area contributed by atoms with Gasteiger partial charge in [0.25, 0.3) is 0 Å². The summed E-state index contributed by atoms with van der Waals surface area (Å²) < 4.78 is 6.86. The van der Waals surface area contributed by atoms with E-state index in [0.29, 0.717) is 11.5 Å². The normalized spacial score (nSPS) is 11.9. The van der Waals surface area contributed by atoms with Gasteiger partial charge in [0.05, 0.1) is 12.2 Å². The van der Waals surface area contributed by atoms with E-state index in [1.165, 1.54) is 11.3 Å². The van der Waals surface area contributed by atoms with E-state index >= 15 is 0 Å². The van der Waals surface area contributed by atoms with Crippen LogP contribution in [0.25, 0.3) is 10.1 Å². The molecule has 0 unspecified atom stereocenters. The predicted octanol–water partition coefficient (Wildman–Crippen LogP) is 4.30. The SMILES string of the molecule is CCC(C)(C)OCc1c(C(=O)O)sc2ccccc12. The summed E-state index contributed by atoms with van der Waals surface area (Å²) >= 11 is 1.31. The first-order valence-corrected chi connectivity index (χ1v) is 7.14. The minimum absolute atomic E-state index is 0.237. The number of thiophene rings is 1. The lowest BCUT2D eigenvalue weighted by atomic mass is 10.1. The molecule has 0 fully saturated rings. The summed E-state index contributed by atoms with van der Waals surface area (Å²) in [6.07, 6.45) is 0.886. The standard InChI is InChI=1S/C15H18O3S/c1-4-15(2,3)18-9-11-10-7-5-6-8-12(10)19-13(11)14(16)17/h5-8H,4,9H2,1-3H3,(H,16,17). The maximum atomic E-state index is 11.3. The second-order valence-electron chi connectivity index (χ2n) is 5.11. The third kappa shape index (κ3) is 2.96. The molecule has 1 N–H and O–H groups in total. The van der Waals surface area contributed by atoms with Crippen LogP contribution in [0.1, 0.15) is 42.4 Å². The van der Waals surface area contributed by atoms with Crippen molar-refractivity contribution in [3.05, 3.63) is 34.7 Å². The third-order valence-electron chi connectivity index (χ3n) is 3.35. The van der Waals surface area contributed by atoms with Gasteiger partial charge in [-0.3, -0.25) is 0 Å². The number of benzene rings is 1. The minimum atomic E-state index is -0.880. The Balaban J connectivity index is 2.40. The molecule has 1 aromatic carbocycles. The summed E-state index contributed by atoms with van der Waals surface area (Å²) in [7, 11) is 0. The number of fused-ring (bicyclic) bond motifs is 1. The van der Waals surface area contributed by atoms with Gasteiger partial charge in [0.15, 0.2) is 0 Å². The van der Waals surface area contributed by atoms with Crippen LogP contribution in [0.15, 0.2) is 24.3 Å². The van der Waals surface area contributed by atoms with E-state index in [-0.39, 0.29) is 5.60 Å². The number of carboxylic acid groups (broad SMARTS) is 1. The van der Waals surface area contributed by atoms with Crippen LogP contribution < -0.4 is 0 Å². The Morgan fingerprint density at radius 2 is 2.05 bits per heavy atom. The van der Waals surface area contributed by atoms with Gasteiger partial charge in [-0.1, -0.05) is 25.1 Å². The van der Waals surface area contributed by atoms with Crippen molar-refractivity contribution in [1.82, 2.24) is 0 Å². The number of rotatable bonds is 5. The largest absolute Gasteiger partial charge is 0.477 e. The van der Waals surface area contributed by atoms with Crippen LogP contribution in [-0.4, -0.2) is 16.7 Å². The Kier molecular flexibility index (Phi) is 3.92. The zero-order chi connectivity index (χ0) is 14.0. The molecule has 0 spiro atoms. The molecule has 4 heteroatoms. The van der Waals surface area contributed by atoms with E-state index in [2.05, 4.69) is 6.92 Å². The van der Waals surface area contributed by atoms with Gasteiger partial charge in [0, 0.05) is 10.3 Å². The first-order valence-electron chi connectivity index (χ1n) is 6.32. The molecular formula is C15H18O3S. The molecule has 0 aliphatic heterocycles. The molecule has 0 aliphatic rings. The van der Waals surface area contributed by atoms with Crippen molar-refractivity contribution in [3.8, 4) is 0 Å². The van der Waals surface area contributed by atoms with Gasteiger partial charge in [0.1, 0.15) is 4.88 Å². The summed E-state index contributed by atoms with van der Waals surface area (Å²) in [6, 6.07) is 7.75. The van der Waals surface area contributed by atoms with Crippen LogP contribution in [0.5, 0.6) is 0 Å². The van der Waals surface area contributed by atoms with Crippen LogP contribution in [0, 0.1) is 0 Å². The van der Waals surface area contributed by atoms with Crippen molar-refractivity contribution in [2.24, 2.45) is 0 Å². The topological polar surface area (TPSA) is 46.5 Å². The summed E-state index contributed by atoms with van der Waals surface area (Å²) in [5, 5.41) is 10.3. The highest BCUT2D eigenvalue weighted by Crippen LogP contribution is 2.32. The molecule has 2 rings (SSSR count). The Bertz CT molecular complexity index is 598. The lowest BCUT2D eigenvalue weighted by Gasteiger charge is -2.23. The molecule has 0 saturated carbocycles. The number of carbonyl (C=O) groups is 1. The zero-order valence-corrected chi connectivity index (χ0v) is 12.2. The first-order chi connectivity index (χ1) is 8.94. The fourth-order valence-corrected chi connectivity index (χ4v) is 2.83. The smallest absolute Gasteiger partial charge is 0.346 e. The number of hydrogen-bond acceptors (Lipinski definition) is 3. The molecule has 102 valence electrons. The maximum absolute atomic E-state index is 11.3. The van der Waals surface area contributed by atoms with Crippen LogP contribution in [0.3, 0.4) is 0 Å². The average molecular weight is 278 g/mol. The van der Waals surface area contributed by atoms with Gasteiger partial charge in [-0.25, -0.2) is 4.79 Å². The average Bonchev–Trinajstić information content (AvgIpc) is 2.75. The lowest BCUT2D eigenvalue weighted by molar-refractivity contribution is -0.0313. The van der Waals surface area contributed by atoms with E-state index in [1.807, 2.05) is 38.1 Å². The van der Waals surface area contributed by atoms with E-state index in [4.69, 9.17) is 4.74 Å². The third-order valence-corrected chi connectivity index (χ3v) is 4.55. The van der Waals surface area contributed by atoms with Gasteiger partial charge in [0.2, 0.25) is 0 Å². The van der Waals surface area contributed by atoms with Crippen molar-refractivity contribution in [3.63, 3.8) is 0 Å². The van der Waals surface area contributed by atoms with E-state index in [9.17, 15) is 9.90 Å². The lowest BCUT2D eigenvalue weighted by Crippen LogP contribution is -2.23. The summed E-state index contributed by atoms with van der Waals surface area (Å²) in [4.78, 5) is 11.7. The van der Waals surface area contributed by atoms with Crippen molar-refractivity contribution in [1.29, 1.82) is 0 Å². The molecule has 0 atom stereocenters. The van der Waals surface area contributed by atoms with Gasteiger partial charge < -0.3 is 9.84 Å². The molecule has 0 radical (unpaired) electrons. The molecule has 0 saturated heterocycles. The quantitative estimate of drug-likeness (QED) is 0.886. The predicted molar refractivity (Wildman–Crippen MR) is 77.9 cm³/mol. The number of carboxylic acids is 1. The fourth-order valence-electron chi connectivity index (χ4n) is 1.78. The van der Waals surface area contributed by atoms with Crippen molar-refractivity contribution >= 4 is 27.4 Å². The molecule has 1 heterocycles. The molecule has 0 bridgehead atoms. The van der Waals surface area contributed by atoms with Crippen molar-refractivity contribution in [2.75, 3.05) is 0 Å². The molecule has 3 nitrogen and oxygen atoms in total. The Labute approximate surface area is 116 Å². The van der Waals surface area contributed by atoms with Crippen molar-refractivity contribution in [2.45, 2.75) is 39.4 Å². The molecule has 2 aromatic rings. The van der Waals surface area contributed by atoms with Crippen LogP contribution in [0.4, 0.5) is 0 Å². The van der Waals surface area contributed by atoms with Crippen LogP contribution >= 0.6 is 11.3 Å².